The first kappa shape index (κ1) is 18.7. The second-order valence-electron chi connectivity index (χ2n) is 6.43. The van der Waals surface area contributed by atoms with E-state index in [2.05, 4.69) is 10.3 Å². The Morgan fingerprint density at radius 1 is 0.862 bits per heavy atom. The smallest absolute Gasteiger partial charge is 0.295 e. The zero-order valence-electron chi connectivity index (χ0n) is 16.6. The van der Waals surface area contributed by atoms with Crippen molar-refractivity contribution in [1.29, 1.82) is 0 Å². The molecular formula is C23H22N2O4. The summed E-state index contributed by atoms with van der Waals surface area (Å²) in [4.78, 5) is 4.52. The van der Waals surface area contributed by atoms with E-state index in [0.717, 1.165) is 39.5 Å². The number of para-hydroxylation sites is 1. The number of anilines is 1. The molecule has 29 heavy (non-hydrogen) atoms. The van der Waals surface area contributed by atoms with Crippen molar-refractivity contribution in [2.75, 3.05) is 26.6 Å². The van der Waals surface area contributed by atoms with Gasteiger partial charge < -0.3 is 23.9 Å². The van der Waals surface area contributed by atoms with Crippen molar-refractivity contribution < 1.29 is 18.6 Å². The summed E-state index contributed by atoms with van der Waals surface area (Å²) in [5.41, 5.74) is 4.48. The van der Waals surface area contributed by atoms with Gasteiger partial charge in [-0.1, -0.05) is 24.3 Å². The molecule has 0 fully saturated rings. The average Bonchev–Trinajstić information content (AvgIpc) is 3.19. The number of nitrogens with one attached hydrogen (secondary N) is 1. The molecule has 3 aromatic carbocycles. The Balaban J connectivity index is 1.57. The molecule has 0 aliphatic heterocycles. The Bertz CT molecular complexity index is 1140. The molecule has 4 aromatic rings. The molecule has 0 saturated heterocycles. The van der Waals surface area contributed by atoms with Crippen LogP contribution < -0.4 is 19.5 Å². The third-order valence-corrected chi connectivity index (χ3v) is 4.73. The first-order valence-corrected chi connectivity index (χ1v) is 9.20. The third kappa shape index (κ3) is 3.82. The Kier molecular flexibility index (Phi) is 5.24. The molecule has 0 aliphatic rings. The van der Waals surface area contributed by atoms with Gasteiger partial charge in [-0.15, -0.1) is 0 Å². The second-order valence-corrected chi connectivity index (χ2v) is 6.43. The molecule has 148 valence electrons. The fourth-order valence-electron chi connectivity index (χ4n) is 3.22. The number of nitrogens with zero attached hydrogens (tertiary/aromatic N) is 1. The van der Waals surface area contributed by atoms with Crippen LogP contribution in [0.15, 0.2) is 65.1 Å². The van der Waals surface area contributed by atoms with Crippen molar-refractivity contribution in [3.8, 4) is 28.4 Å². The Labute approximate surface area is 169 Å². The predicted molar refractivity (Wildman–Crippen MR) is 113 cm³/mol. The van der Waals surface area contributed by atoms with Crippen LogP contribution in [0.5, 0.6) is 17.2 Å². The average molecular weight is 390 g/mol. The van der Waals surface area contributed by atoms with Crippen LogP contribution in [0.3, 0.4) is 0 Å². The van der Waals surface area contributed by atoms with E-state index in [9.17, 15) is 0 Å². The molecule has 0 radical (unpaired) electrons. The van der Waals surface area contributed by atoms with Crippen LogP contribution in [0.25, 0.3) is 22.2 Å². The standard InChI is InChI=1S/C23H22N2O4/c1-26-17-10-8-16(21(13-17)28-3)14-24-23-25-19-11-9-15(12-22(19)29-23)18-6-4-5-7-20(18)27-2/h4-13H,14H2,1-3H3,(H,24,25). The Hall–Kier alpha value is -3.67. The van der Waals surface area contributed by atoms with Crippen LogP contribution >= 0.6 is 0 Å². The highest BCUT2D eigenvalue weighted by Gasteiger charge is 2.11. The topological polar surface area (TPSA) is 65.8 Å². The van der Waals surface area contributed by atoms with Gasteiger partial charge in [0.05, 0.1) is 21.3 Å². The number of hydrogen-bond donors (Lipinski definition) is 1. The van der Waals surface area contributed by atoms with Gasteiger partial charge in [-0.3, -0.25) is 0 Å². The fourth-order valence-corrected chi connectivity index (χ4v) is 3.22. The summed E-state index contributed by atoms with van der Waals surface area (Å²) in [5, 5.41) is 3.22. The highest BCUT2D eigenvalue weighted by molar-refractivity contribution is 5.83. The number of methoxy groups -OCH3 is 3. The number of hydrogen-bond acceptors (Lipinski definition) is 6. The lowest BCUT2D eigenvalue weighted by molar-refractivity contribution is 0.391. The molecule has 1 aromatic heterocycles. The molecule has 6 nitrogen and oxygen atoms in total. The molecule has 1 heterocycles. The van der Waals surface area contributed by atoms with Crippen molar-refractivity contribution in [2.45, 2.75) is 6.54 Å². The van der Waals surface area contributed by atoms with E-state index in [4.69, 9.17) is 18.6 Å². The SMILES string of the molecule is COc1ccc(CNc2nc3ccc(-c4ccccc4OC)cc3o2)c(OC)c1. The lowest BCUT2D eigenvalue weighted by Gasteiger charge is -2.10. The first-order chi connectivity index (χ1) is 14.2. The van der Waals surface area contributed by atoms with Crippen molar-refractivity contribution in [3.63, 3.8) is 0 Å². The highest BCUT2D eigenvalue weighted by atomic mass is 16.5. The van der Waals surface area contributed by atoms with E-state index in [1.807, 2.05) is 60.7 Å². The lowest BCUT2D eigenvalue weighted by atomic mass is 10.0. The zero-order chi connectivity index (χ0) is 20.2. The number of oxazole rings is 1. The molecule has 0 spiro atoms. The maximum atomic E-state index is 5.92. The van der Waals surface area contributed by atoms with Gasteiger partial charge in [-0.25, -0.2) is 0 Å². The highest BCUT2D eigenvalue weighted by Crippen LogP contribution is 2.32. The summed E-state index contributed by atoms with van der Waals surface area (Å²) in [7, 11) is 4.93. The van der Waals surface area contributed by atoms with Gasteiger partial charge in [0.25, 0.3) is 6.01 Å². The maximum absolute atomic E-state index is 5.92. The molecular weight excluding hydrogens is 368 g/mol. The van der Waals surface area contributed by atoms with Crippen molar-refractivity contribution in [3.05, 3.63) is 66.2 Å². The Morgan fingerprint density at radius 2 is 1.69 bits per heavy atom. The largest absolute Gasteiger partial charge is 0.497 e. The normalized spacial score (nSPS) is 10.7. The predicted octanol–water partition coefficient (Wildman–Crippen LogP) is 5.13. The van der Waals surface area contributed by atoms with Gasteiger partial charge >= 0.3 is 0 Å². The fraction of sp³-hybridized carbons (Fsp3) is 0.174. The lowest BCUT2D eigenvalue weighted by Crippen LogP contribution is -2.02. The third-order valence-electron chi connectivity index (χ3n) is 4.73. The molecule has 6 heteroatoms. The van der Waals surface area contributed by atoms with Crippen LogP contribution in [0, 0.1) is 0 Å². The van der Waals surface area contributed by atoms with Crippen LogP contribution in [-0.2, 0) is 6.54 Å². The van der Waals surface area contributed by atoms with Crippen LogP contribution in [0.2, 0.25) is 0 Å². The van der Waals surface area contributed by atoms with E-state index in [0.29, 0.717) is 18.1 Å². The molecule has 0 amide bonds. The molecule has 0 aliphatic carbocycles. The van der Waals surface area contributed by atoms with E-state index in [-0.39, 0.29) is 0 Å². The summed E-state index contributed by atoms with van der Waals surface area (Å²) < 4.78 is 22.1. The summed E-state index contributed by atoms with van der Waals surface area (Å²) in [6.07, 6.45) is 0. The van der Waals surface area contributed by atoms with Crippen molar-refractivity contribution in [2.24, 2.45) is 0 Å². The minimum Gasteiger partial charge on any atom is -0.497 e. The molecule has 0 bridgehead atoms. The van der Waals surface area contributed by atoms with E-state index in [1.54, 1.807) is 21.3 Å². The number of benzene rings is 3. The van der Waals surface area contributed by atoms with E-state index >= 15 is 0 Å². The summed E-state index contributed by atoms with van der Waals surface area (Å²) in [6, 6.07) is 20.0. The maximum Gasteiger partial charge on any atom is 0.295 e. The van der Waals surface area contributed by atoms with Crippen LogP contribution in [0.1, 0.15) is 5.56 Å². The molecule has 0 atom stereocenters. The molecule has 4 rings (SSSR count). The van der Waals surface area contributed by atoms with E-state index < -0.39 is 0 Å². The van der Waals surface area contributed by atoms with Gasteiger partial charge in [-0.2, -0.15) is 4.98 Å². The first-order valence-electron chi connectivity index (χ1n) is 9.20. The summed E-state index contributed by atoms with van der Waals surface area (Å²) >= 11 is 0. The molecule has 1 N–H and O–H groups in total. The van der Waals surface area contributed by atoms with Gasteiger partial charge in [0.15, 0.2) is 5.58 Å². The number of rotatable bonds is 7. The monoisotopic (exact) mass is 390 g/mol. The van der Waals surface area contributed by atoms with Crippen molar-refractivity contribution >= 4 is 17.1 Å². The number of fused-ring (bicyclic) bond motifs is 1. The van der Waals surface area contributed by atoms with Gasteiger partial charge in [0, 0.05) is 23.7 Å². The molecule has 0 unspecified atom stereocenters. The quantitative estimate of drug-likeness (QED) is 0.472. The zero-order valence-corrected chi connectivity index (χ0v) is 16.6. The minimum atomic E-state index is 0.454. The summed E-state index contributed by atoms with van der Waals surface area (Å²) in [5.74, 6) is 2.30. The summed E-state index contributed by atoms with van der Waals surface area (Å²) in [6.45, 7) is 0.513. The minimum absolute atomic E-state index is 0.454. The van der Waals surface area contributed by atoms with Gasteiger partial charge in [0.2, 0.25) is 0 Å². The second kappa shape index (κ2) is 8.14. The number of ether oxygens (including phenoxy) is 3. The van der Waals surface area contributed by atoms with Crippen LogP contribution in [-0.4, -0.2) is 26.3 Å². The van der Waals surface area contributed by atoms with Crippen LogP contribution in [0.4, 0.5) is 6.01 Å². The Morgan fingerprint density at radius 3 is 2.48 bits per heavy atom. The number of aromatic nitrogens is 1. The van der Waals surface area contributed by atoms with Crippen molar-refractivity contribution in [1.82, 2.24) is 4.98 Å². The molecule has 0 saturated carbocycles. The van der Waals surface area contributed by atoms with Gasteiger partial charge in [0.1, 0.15) is 22.8 Å². The van der Waals surface area contributed by atoms with E-state index in [1.165, 1.54) is 0 Å². The van der Waals surface area contributed by atoms with Gasteiger partial charge in [-0.05, 0) is 35.9 Å².